The van der Waals surface area contributed by atoms with Crippen molar-refractivity contribution in [2.75, 3.05) is 5.48 Å². The van der Waals surface area contributed by atoms with Gasteiger partial charge in [-0.05, 0) is 37.0 Å². The van der Waals surface area contributed by atoms with Crippen LogP contribution in [0.3, 0.4) is 0 Å². The number of aromatic amines is 1. The number of carbonyl (C=O) groups is 2. The first-order chi connectivity index (χ1) is 12.2. The Bertz CT molecular complexity index is 756. The van der Waals surface area contributed by atoms with E-state index in [1.165, 1.54) is 31.2 Å². The number of nitrogens with zero attached hydrogens (tertiary/aromatic N) is 1. The molecule has 2 heterocycles. The summed E-state index contributed by atoms with van der Waals surface area (Å²) in [4.78, 5) is 35.5. The van der Waals surface area contributed by atoms with Crippen LogP contribution in [0, 0.1) is 0 Å². The number of amides is 1. The third kappa shape index (κ3) is 4.49. The number of carbonyl (C=O) groups excluding carboxylic acids is 2. The Hall–Kier alpha value is -2.57. The molecule has 1 unspecified atom stereocenters. The number of H-pyrrole nitrogens is 1. The highest BCUT2D eigenvalue weighted by Crippen LogP contribution is 2.18. The Morgan fingerprint density at radius 3 is 3.00 bits per heavy atom. The second-order valence-corrected chi connectivity index (χ2v) is 6.43. The zero-order valence-corrected chi connectivity index (χ0v) is 14.4. The van der Waals surface area contributed by atoms with Crippen LogP contribution in [0.1, 0.15) is 51.0 Å². The summed E-state index contributed by atoms with van der Waals surface area (Å²) >= 11 is 0. The van der Waals surface area contributed by atoms with Crippen LogP contribution in [0.15, 0.2) is 18.2 Å². The number of hydrogen-bond donors (Lipinski definition) is 3. The number of hydrogen-bond acceptors (Lipinski definition) is 5. The average Bonchev–Trinajstić information content (AvgIpc) is 3.22. The highest BCUT2D eigenvalue weighted by atomic mass is 16.7. The zero-order valence-electron chi connectivity index (χ0n) is 14.4. The minimum atomic E-state index is -0.584. The monoisotopic (exact) mass is 344 g/mol. The summed E-state index contributed by atoms with van der Waals surface area (Å²) < 4.78 is 0. The maximum Gasteiger partial charge on any atom is 0.354 e. The molecule has 0 bridgehead atoms. The van der Waals surface area contributed by atoms with Gasteiger partial charge in [0.05, 0.1) is 11.0 Å². The summed E-state index contributed by atoms with van der Waals surface area (Å²) in [6.07, 6.45) is 6.80. The molecule has 2 aromatic rings. The van der Waals surface area contributed by atoms with E-state index in [1.807, 2.05) is 6.07 Å². The molecule has 0 radical (unpaired) electrons. The van der Waals surface area contributed by atoms with Crippen LogP contribution >= 0.6 is 0 Å². The Kier molecular flexibility index (Phi) is 5.53. The van der Waals surface area contributed by atoms with Crippen molar-refractivity contribution in [3.8, 4) is 0 Å². The number of aromatic nitrogens is 2. The van der Waals surface area contributed by atoms with Crippen molar-refractivity contribution >= 4 is 28.9 Å². The maximum absolute atomic E-state index is 11.9. The molecule has 1 saturated heterocycles. The molecule has 1 atom stereocenters. The van der Waals surface area contributed by atoms with E-state index < -0.39 is 12.0 Å². The van der Waals surface area contributed by atoms with Gasteiger partial charge in [-0.15, -0.1) is 0 Å². The van der Waals surface area contributed by atoms with Gasteiger partial charge >= 0.3 is 5.97 Å². The van der Waals surface area contributed by atoms with Gasteiger partial charge in [-0.1, -0.05) is 32.3 Å². The van der Waals surface area contributed by atoms with Gasteiger partial charge < -0.3 is 15.1 Å². The van der Waals surface area contributed by atoms with Gasteiger partial charge in [-0.25, -0.2) is 9.78 Å². The van der Waals surface area contributed by atoms with E-state index >= 15 is 0 Å². The minimum absolute atomic E-state index is 0.128. The summed E-state index contributed by atoms with van der Waals surface area (Å²) in [5.41, 5.74) is 5.52. The van der Waals surface area contributed by atoms with Crippen molar-refractivity contribution in [3.05, 3.63) is 23.8 Å². The fourth-order valence-electron chi connectivity index (χ4n) is 2.98. The Morgan fingerprint density at radius 2 is 2.24 bits per heavy atom. The number of imidazole rings is 1. The second-order valence-electron chi connectivity index (χ2n) is 6.43. The molecule has 1 fully saturated rings. The lowest BCUT2D eigenvalue weighted by Crippen LogP contribution is -2.35. The van der Waals surface area contributed by atoms with Crippen molar-refractivity contribution in [2.45, 2.75) is 57.9 Å². The molecule has 0 aliphatic carbocycles. The zero-order chi connectivity index (χ0) is 17.6. The lowest BCUT2D eigenvalue weighted by atomic mass is 10.1. The molecular formula is C18H24N4O3. The maximum atomic E-state index is 11.9. The lowest BCUT2D eigenvalue weighted by Gasteiger charge is -2.08. The smallest absolute Gasteiger partial charge is 0.343 e. The molecule has 0 spiro atoms. The molecule has 1 aliphatic rings. The standard InChI is InChI=1S/C18H24N4O3/c1-2-3-4-5-6-12-7-8-13-15(11-12)21-18(20-13)22-25-17(24)14-9-10-16(23)19-14/h7-8,11,14H,2-6,9-10H2,1H3,(H,19,23)(H2,20,21,22). The first-order valence-corrected chi connectivity index (χ1v) is 8.90. The van der Waals surface area contributed by atoms with Crippen LogP contribution in [-0.4, -0.2) is 27.9 Å². The topological polar surface area (TPSA) is 96.1 Å². The first kappa shape index (κ1) is 17.3. The van der Waals surface area contributed by atoms with Crippen molar-refractivity contribution < 1.29 is 14.4 Å². The van der Waals surface area contributed by atoms with E-state index in [4.69, 9.17) is 4.84 Å². The number of anilines is 1. The first-order valence-electron chi connectivity index (χ1n) is 8.90. The van der Waals surface area contributed by atoms with E-state index in [-0.39, 0.29) is 5.91 Å². The number of fused-ring (bicyclic) bond motifs is 1. The van der Waals surface area contributed by atoms with Gasteiger partial charge in [0.1, 0.15) is 6.04 Å². The summed E-state index contributed by atoms with van der Waals surface area (Å²) in [6, 6.07) is 5.54. The van der Waals surface area contributed by atoms with Gasteiger partial charge in [0.2, 0.25) is 11.9 Å². The van der Waals surface area contributed by atoms with E-state index in [1.54, 1.807) is 0 Å². The van der Waals surface area contributed by atoms with Crippen LogP contribution in [0.2, 0.25) is 0 Å². The summed E-state index contributed by atoms with van der Waals surface area (Å²) in [7, 11) is 0. The van der Waals surface area contributed by atoms with Crippen LogP contribution in [-0.2, 0) is 20.8 Å². The Labute approximate surface area is 146 Å². The van der Waals surface area contributed by atoms with Gasteiger partial charge in [0, 0.05) is 6.42 Å². The molecule has 1 aromatic carbocycles. The number of rotatable bonds is 8. The molecule has 3 rings (SSSR count). The second kappa shape index (κ2) is 8.00. The molecule has 3 N–H and O–H groups in total. The fourth-order valence-corrected chi connectivity index (χ4v) is 2.98. The largest absolute Gasteiger partial charge is 0.354 e. The van der Waals surface area contributed by atoms with Crippen LogP contribution in [0.5, 0.6) is 0 Å². The Balaban J connectivity index is 1.55. The quantitative estimate of drug-likeness (QED) is 0.505. The number of unbranched alkanes of at least 4 members (excludes halogenated alkanes) is 3. The summed E-state index contributed by atoms with van der Waals surface area (Å²) in [5, 5.41) is 2.57. The van der Waals surface area contributed by atoms with Gasteiger partial charge in [-0.2, -0.15) is 5.48 Å². The number of nitrogens with one attached hydrogen (secondary N) is 3. The SMILES string of the molecule is CCCCCCc1ccc2nc(NOC(=O)C3CCC(=O)N3)[nH]c2c1. The molecule has 0 saturated carbocycles. The predicted molar refractivity (Wildman–Crippen MR) is 94.8 cm³/mol. The van der Waals surface area contributed by atoms with Crippen molar-refractivity contribution in [1.82, 2.24) is 15.3 Å². The number of aryl methyl sites for hydroxylation is 1. The van der Waals surface area contributed by atoms with Crippen LogP contribution in [0.25, 0.3) is 11.0 Å². The van der Waals surface area contributed by atoms with E-state index in [0.29, 0.717) is 18.8 Å². The molecule has 1 aliphatic heterocycles. The minimum Gasteiger partial charge on any atom is -0.343 e. The Morgan fingerprint density at radius 1 is 1.36 bits per heavy atom. The van der Waals surface area contributed by atoms with Crippen molar-refractivity contribution in [3.63, 3.8) is 0 Å². The van der Waals surface area contributed by atoms with Gasteiger partial charge in [0.15, 0.2) is 0 Å². The predicted octanol–water partition coefficient (Wildman–Crippen LogP) is 2.83. The molecule has 1 amide bonds. The highest BCUT2D eigenvalue weighted by molar-refractivity contribution is 5.88. The third-order valence-electron chi connectivity index (χ3n) is 4.39. The van der Waals surface area contributed by atoms with Crippen LogP contribution < -0.4 is 10.8 Å². The number of benzene rings is 1. The molecular weight excluding hydrogens is 320 g/mol. The van der Waals surface area contributed by atoms with Gasteiger partial charge in [0.25, 0.3) is 0 Å². The molecule has 7 heteroatoms. The summed E-state index contributed by atoms with van der Waals surface area (Å²) in [6.45, 7) is 2.21. The third-order valence-corrected chi connectivity index (χ3v) is 4.39. The molecule has 7 nitrogen and oxygen atoms in total. The van der Waals surface area contributed by atoms with E-state index in [0.717, 1.165) is 17.5 Å². The molecule has 134 valence electrons. The molecule has 25 heavy (non-hydrogen) atoms. The summed E-state index contributed by atoms with van der Waals surface area (Å²) in [5.74, 6) is -0.268. The molecule has 1 aromatic heterocycles. The lowest BCUT2D eigenvalue weighted by molar-refractivity contribution is -0.143. The van der Waals surface area contributed by atoms with Crippen LogP contribution in [0.4, 0.5) is 5.95 Å². The highest BCUT2D eigenvalue weighted by Gasteiger charge is 2.29. The normalized spacial score (nSPS) is 16.8. The van der Waals surface area contributed by atoms with Crippen molar-refractivity contribution in [1.29, 1.82) is 0 Å². The fraction of sp³-hybridized carbons (Fsp3) is 0.500. The van der Waals surface area contributed by atoms with Crippen molar-refractivity contribution in [2.24, 2.45) is 0 Å². The van der Waals surface area contributed by atoms with E-state index in [9.17, 15) is 9.59 Å². The average molecular weight is 344 g/mol. The van der Waals surface area contributed by atoms with E-state index in [2.05, 4.69) is 39.8 Å². The van der Waals surface area contributed by atoms with Gasteiger partial charge in [-0.3, -0.25) is 4.79 Å².